The Morgan fingerprint density at radius 1 is 1.44 bits per heavy atom. The van der Waals surface area contributed by atoms with E-state index >= 15 is 0 Å². The first-order valence-corrected chi connectivity index (χ1v) is 3.99. The van der Waals surface area contributed by atoms with Crippen LogP contribution in [0.2, 0.25) is 0 Å². The first-order valence-electron chi connectivity index (χ1n) is 3.99. The maximum atomic E-state index is 2.51. The van der Waals surface area contributed by atoms with E-state index in [9.17, 15) is 0 Å². The fourth-order valence-corrected chi connectivity index (χ4v) is 2.28. The highest BCUT2D eigenvalue weighted by molar-refractivity contribution is 5.22. The normalized spacial score (nSPS) is 47.8. The van der Waals surface area contributed by atoms with Gasteiger partial charge >= 0.3 is 0 Å². The predicted molar refractivity (Wildman–Crippen MR) is 39.1 cm³/mol. The van der Waals surface area contributed by atoms with Crippen molar-refractivity contribution in [1.29, 1.82) is 0 Å². The Morgan fingerprint density at radius 2 is 2.22 bits per heavy atom. The third-order valence-corrected chi connectivity index (χ3v) is 3.24. The van der Waals surface area contributed by atoms with Crippen LogP contribution < -0.4 is 0 Å². The highest BCUT2D eigenvalue weighted by Crippen LogP contribution is 2.46. The van der Waals surface area contributed by atoms with Crippen molar-refractivity contribution < 1.29 is 0 Å². The molecule has 0 aliphatic heterocycles. The minimum Gasteiger partial charge on any atom is -0.0816 e. The maximum absolute atomic E-state index is 2.51. The number of allylic oxidation sites excluding steroid dienone is 2. The van der Waals surface area contributed by atoms with Crippen LogP contribution in [0.25, 0.3) is 0 Å². The molecule has 3 atom stereocenters. The first kappa shape index (κ1) is 5.52. The van der Waals surface area contributed by atoms with Crippen LogP contribution in [0.4, 0.5) is 0 Å². The van der Waals surface area contributed by atoms with E-state index in [2.05, 4.69) is 19.9 Å². The molecule has 0 nitrogen and oxygen atoms in total. The van der Waals surface area contributed by atoms with E-state index in [1.54, 1.807) is 5.57 Å². The molecule has 0 fully saturated rings. The molecule has 0 spiro atoms. The molecule has 0 aromatic rings. The Hall–Kier alpha value is -0.260. The summed E-state index contributed by atoms with van der Waals surface area (Å²) in [6.07, 6.45) is 5.35. The van der Waals surface area contributed by atoms with Gasteiger partial charge in [0.1, 0.15) is 0 Å². The van der Waals surface area contributed by atoms with Gasteiger partial charge in [0.15, 0.2) is 0 Å². The molecule has 9 heavy (non-hydrogen) atoms. The van der Waals surface area contributed by atoms with Crippen molar-refractivity contribution in [3.05, 3.63) is 11.6 Å². The molecule has 0 N–H and O–H groups in total. The molecule has 2 rings (SSSR count). The van der Waals surface area contributed by atoms with Gasteiger partial charge in [-0.2, -0.15) is 0 Å². The van der Waals surface area contributed by atoms with Gasteiger partial charge in [-0.05, 0) is 30.6 Å². The third kappa shape index (κ3) is 0.593. The van der Waals surface area contributed by atoms with Crippen molar-refractivity contribution in [1.82, 2.24) is 0 Å². The van der Waals surface area contributed by atoms with Gasteiger partial charge in [0.2, 0.25) is 0 Å². The molecule has 0 radical (unpaired) electrons. The van der Waals surface area contributed by atoms with Crippen LogP contribution in [0.1, 0.15) is 26.7 Å². The number of hydrogen-bond donors (Lipinski definition) is 0. The lowest BCUT2D eigenvalue weighted by molar-refractivity contribution is 0.324. The molecular weight excluding hydrogens is 108 g/mol. The molecule has 0 aromatic heterocycles. The van der Waals surface area contributed by atoms with E-state index in [-0.39, 0.29) is 0 Å². The van der Waals surface area contributed by atoms with Crippen LogP contribution in [0, 0.1) is 17.8 Å². The van der Waals surface area contributed by atoms with Crippen LogP contribution in [-0.2, 0) is 0 Å². The summed E-state index contributed by atoms with van der Waals surface area (Å²) in [5.74, 6) is 2.81. The molecule has 0 amide bonds. The standard InChI is InChI=1S/C9H14/c1-6-7(2)9-4-3-8(6)5-9/h5-8H,3-4H2,1-2H3. The second-order valence-electron chi connectivity index (χ2n) is 3.59. The van der Waals surface area contributed by atoms with Crippen LogP contribution in [-0.4, -0.2) is 0 Å². The Labute approximate surface area is 57.0 Å². The number of fused-ring (bicyclic) bond motifs is 1. The minimum absolute atomic E-state index is 0.906. The topological polar surface area (TPSA) is 0 Å². The summed E-state index contributed by atoms with van der Waals surface area (Å²) >= 11 is 0. The average Bonchev–Trinajstić information content (AvgIpc) is 2.37. The summed E-state index contributed by atoms with van der Waals surface area (Å²) in [7, 11) is 0. The van der Waals surface area contributed by atoms with Gasteiger partial charge in [-0.25, -0.2) is 0 Å². The molecule has 2 aliphatic carbocycles. The van der Waals surface area contributed by atoms with Crippen molar-refractivity contribution in [3.63, 3.8) is 0 Å². The summed E-state index contributed by atoms with van der Waals surface area (Å²) in [6, 6.07) is 0. The third-order valence-electron chi connectivity index (χ3n) is 3.24. The van der Waals surface area contributed by atoms with Crippen molar-refractivity contribution in [3.8, 4) is 0 Å². The zero-order valence-electron chi connectivity index (χ0n) is 6.22. The average molecular weight is 122 g/mol. The first-order chi connectivity index (χ1) is 4.29. The van der Waals surface area contributed by atoms with E-state index in [1.807, 2.05) is 0 Å². The summed E-state index contributed by atoms with van der Waals surface area (Å²) in [4.78, 5) is 0. The van der Waals surface area contributed by atoms with Gasteiger partial charge in [0.05, 0.1) is 0 Å². The minimum atomic E-state index is 0.906. The van der Waals surface area contributed by atoms with Crippen LogP contribution >= 0.6 is 0 Å². The molecule has 2 aliphatic rings. The Kier molecular flexibility index (Phi) is 0.992. The van der Waals surface area contributed by atoms with E-state index in [1.165, 1.54) is 12.8 Å². The van der Waals surface area contributed by atoms with E-state index in [4.69, 9.17) is 0 Å². The Bertz CT molecular complexity index is 153. The predicted octanol–water partition coefficient (Wildman–Crippen LogP) is 2.61. The van der Waals surface area contributed by atoms with Gasteiger partial charge in [-0.3, -0.25) is 0 Å². The van der Waals surface area contributed by atoms with Gasteiger partial charge in [-0.15, -0.1) is 0 Å². The highest BCUT2D eigenvalue weighted by atomic mass is 14.4. The van der Waals surface area contributed by atoms with E-state index < -0.39 is 0 Å². The quantitative estimate of drug-likeness (QED) is 0.433. The van der Waals surface area contributed by atoms with Crippen LogP contribution in [0.5, 0.6) is 0 Å². The second kappa shape index (κ2) is 1.62. The van der Waals surface area contributed by atoms with Crippen molar-refractivity contribution >= 4 is 0 Å². The molecule has 0 aromatic carbocycles. The smallest absolute Gasteiger partial charge is 0.0196 e. The fourth-order valence-electron chi connectivity index (χ4n) is 2.28. The molecule has 3 unspecified atom stereocenters. The van der Waals surface area contributed by atoms with E-state index in [0.29, 0.717) is 0 Å². The monoisotopic (exact) mass is 122 g/mol. The van der Waals surface area contributed by atoms with Gasteiger partial charge in [0.25, 0.3) is 0 Å². The van der Waals surface area contributed by atoms with Gasteiger partial charge < -0.3 is 0 Å². The summed E-state index contributed by atoms with van der Waals surface area (Å²) in [5.41, 5.74) is 1.74. The zero-order chi connectivity index (χ0) is 6.43. The molecule has 0 heterocycles. The van der Waals surface area contributed by atoms with Gasteiger partial charge in [0, 0.05) is 0 Å². The molecule has 2 bridgehead atoms. The number of rotatable bonds is 0. The fraction of sp³-hybridized carbons (Fsp3) is 0.778. The second-order valence-corrected chi connectivity index (χ2v) is 3.59. The Balaban J connectivity index is 2.24. The van der Waals surface area contributed by atoms with Crippen LogP contribution in [0.15, 0.2) is 11.6 Å². The van der Waals surface area contributed by atoms with Crippen molar-refractivity contribution in [2.75, 3.05) is 0 Å². The molecular formula is C9H14. The lowest BCUT2D eigenvalue weighted by Gasteiger charge is -2.24. The highest BCUT2D eigenvalue weighted by Gasteiger charge is 2.35. The zero-order valence-corrected chi connectivity index (χ0v) is 6.22. The number of hydrogen-bond acceptors (Lipinski definition) is 0. The molecule has 0 heteroatoms. The SMILES string of the molecule is CC1C2=CC(CC2)C1C. The largest absolute Gasteiger partial charge is 0.0816 e. The maximum Gasteiger partial charge on any atom is -0.0196 e. The summed E-state index contributed by atoms with van der Waals surface area (Å²) in [5, 5.41) is 0. The lowest BCUT2D eigenvalue weighted by Crippen LogP contribution is -2.15. The molecule has 0 saturated carbocycles. The van der Waals surface area contributed by atoms with Crippen LogP contribution in [0.3, 0.4) is 0 Å². The van der Waals surface area contributed by atoms with Crippen molar-refractivity contribution in [2.24, 2.45) is 17.8 Å². The Morgan fingerprint density at radius 3 is 2.56 bits per heavy atom. The summed E-state index contributed by atoms with van der Waals surface area (Å²) in [6.45, 7) is 4.76. The van der Waals surface area contributed by atoms with Crippen molar-refractivity contribution in [2.45, 2.75) is 26.7 Å². The molecule has 50 valence electrons. The van der Waals surface area contributed by atoms with Gasteiger partial charge in [-0.1, -0.05) is 25.5 Å². The van der Waals surface area contributed by atoms with E-state index in [0.717, 1.165) is 17.8 Å². The lowest BCUT2D eigenvalue weighted by atomic mass is 9.81. The summed E-state index contributed by atoms with van der Waals surface area (Å²) < 4.78 is 0. The molecule has 0 saturated heterocycles.